The summed E-state index contributed by atoms with van der Waals surface area (Å²) >= 11 is 7.27. The minimum absolute atomic E-state index is 0.0754. The smallest absolute Gasteiger partial charge is 0.406 e. The molecule has 2 aromatic rings. The summed E-state index contributed by atoms with van der Waals surface area (Å²) in [4.78, 5) is 12.5. The molecule has 21 heavy (non-hydrogen) atoms. The molecule has 112 valence electrons. The first-order valence-electron chi connectivity index (χ1n) is 5.88. The summed E-state index contributed by atoms with van der Waals surface area (Å²) in [5, 5.41) is 2.22. The van der Waals surface area contributed by atoms with E-state index in [4.69, 9.17) is 11.6 Å². The van der Waals surface area contributed by atoms with E-state index >= 15 is 0 Å². The second-order valence-electron chi connectivity index (χ2n) is 4.35. The van der Waals surface area contributed by atoms with Crippen LogP contribution in [-0.4, -0.2) is 12.1 Å². The van der Waals surface area contributed by atoms with Gasteiger partial charge in [-0.05, 0) is 35.6 Å². The highest BCUT2D eigenvalue weighted by molar-refractivity contribution is 7.13. The Morgan fingerprint density at radius 3 is 2.38 bits per heavy atom. The Hall–Kier alpha value is -1.53. The first-order chi connectivity index (χ1) is 9.76. The van der Waals surface area contributed by atoms with Crippen LogP contribution in [0, 0.1) is 6.92 Å². The standard InChI is InChI=1S/C14H10ClF3O2S/c1-8-7-21-13(12(8)15)11(19)6-9-2-4-10(5-3-9)20-14(16,17)18/h2-5,7H,6H2,1H3. The molecule has 0 spiro atoms. The van der Waals surface area contributed by atoms with E-state index < -0.39 is 6.36 Å². The van der Waals surface area contributed by atoms with Crippen LogP contribution in [0.1, 0.15) is 20.8 Å². The fourth-order valence-corrected chi connectivity index (χ4v) is 2.93. The van der Waals surface area contributed by atoms with E-state index in [2.05, 4.69) is 4.74 Å². The molecule has 0 aliphatic heterocycles. The number of aryl methyl sites for hydroxylation is 1. The number of carbonyl (C=O) groups is 1. The van der Waals surface area contributed by atoms with Gasteiger partial charge in [-0.15, -0.1) is 24.5 Å². The molecule has 2 rings (SSSR count). The maximum absolute atomic E-state index is 12.1. The number of benzene rings is 1. The number of carbonyl (C=O) groups excluding carboxylic acids is 1. The lowest BCUT2D eigenvalue weighted by molar-refractivity contribution is -0.274. The Balaban J connectivity index is 2.07. The maximum Gasteiger partial charge on any atom is 0.573 e. The summed E-state index contributed by atoms with van der Waals surface area (Å²) in [6.45, 7) is 1.80. The van der Waals surface area contributed by atoms with Gasteiger partial charge in [-0.3, -0.25) is 4.79 Å². The normalized spacial score (nSPS) is 11.5. The molecule has 0 aliphatic carbocycles. The fraction of sp³-hybridized carbons (Fsp3) is 0.214. The largest absolute Gasteiger partial charge is 0.573 e. The van der Waals surface area contributed by atoms with E-state index in [-0.39, 0.29) is 18.0 Å². The third-order valence-electron chi connectivity index (χ3n) is 2.67. The molecule has 0 unspecified atom stereocenters. The van der Waals surface area contributed by atoms with E-state index in [1.807, 2.05) is 0 Å². The number of rotatable bonds is 4. The van der Waals surface area contributed by atoms with E-state index in [0.29, 0.717) is 15.5 Å². The van der Waals surface area contributed by atoms with Crippen LogP contribution in [0.2, 0.25) is 5.02 Å². The van der Waals surface area contributed by atoms with Crippen LogP contribution in [0.15, 0.2) is 29.6 Å². The summed E-state index contributed by atoms with van der Waals surface area (Å²) in [5.74, 6) is -0.480. The van der Waals surface area contributed by atoms with E-state index in [0.717, 1.165) is 5.56 Å². The van der Waals surface area contributed by atoms with Crippen LogP contribution < -0.4 is 4.74 Å². The topological polar surface area (TPSA) is 26.3 Å². The molecule has 1 aromatic heterocycles. The predicted molar refractivity (Wildman–Crippen MR) is 75.2 cm³/mol. The average Bonchev–Trinajstić information content (AvgIpc) is 2.71. The first kappa shape index (κ1) is 15.9. The molecule has 0 atom stereocenters. The Kier molecular flexibility index (Phi) is 4.58. The molecule has 0 N–H and O–H groups in total. The fourth-order valence-electron chi connectivity index (χ4n) is 1.69. The minimum Gasteiger partial charge on any atom is -0.406 e. The van der Waals surface area contributed by atoms with Crippen molar-refractivity contribution in [1.29, 1.82) is 0 Å². The van der Waals surface area contributed by atoms with Crippen molar-refractivity contribution in [2.75, 3.05) is 0 Å². The molecule has 0 amide bonds. The molecule has 0 fully saturated rings. The quantitative estimate of drug-likeness (QED) is 0.733. The van der Waals surface area contributed by atoms with Gasteiger partial charge in [0.25, 0.3) is 0 Å². The van der Waals surface area contributed by atoms with Gasteiger partial charge in [0.15, 0.2) is 5.78 Å². The zero-order chi connectivity index (χ0) is 15.6. The first-order valence-corrected chi connectivity index (χ1v) is 7.13. The van der Waals surface area contributed by atoms with Crippen molar-refractivity contribution in [2.45, 2.75) is 19.7 Å². The van der Waals surface area contributed by atoms with Crippen LogP contribution in [-0.2, 0) is 6.42 Å². The van der Waals surface area contributed by atoms with Crippen LogP contribution in [0.3, 0.4) is 0 Å². The summed E-state index contributed by atoms with van der Waals surface area (Å²) in [5.41, 5.74) is 1.43. The zero-order valence-corrected chi connectivity index (χ0v) is 12.4. The van der Waals surface area contributed by atoms with Crippen molar-refractivity contribution < 1.29 is 22.7 Å². The van der Waals surface area contributed by atoms with E-state index in [9.17, 15) is 18.0 Å². The summed E-state index contributed by atoms with van der Waals surface area (Å²) < 4.78 is 39.9. The number of ketones is 1. The number of hydrogen-bond donors (Lipinski definition) is 0. The van der Waals surface area contributed by atoms with Crippen molar-refractivity contribution in [3.8, 4) is 5.75 Å². The van der Waals surface area contributed by atoms with Crippen molar-refractivity contribution in [2.24, 2.45) is 0 Å². The monoisotopic (exact) mass is 334 g/mol. The van der Waals surface area contributed by atoms with Crippen molar-refractivity contribution in [3.05, 3.63) is 50.7 Å². The van der Waals surface area contributed by atoms with Crippen molar-refractivity contribution in [3.63, 3.8) is 0 Å². The highest BCUT2D eigenvalue weighted by Crippen LogP contribution is 2.29. The van der Waals surface area contributed by atoms with Gasteiger partial charge in [0.1, 0.15) is 5.75 Å². The Labute approximate surface area is 128 Å². The van der Waals surface area contributed by atoms with Gasteiger partial charge in [0, 0.05) is 6.42 Å². The number of hydrogen-bond acceptors (Lipinski definition) is 3. The minimum atomic E-state index is -4.72. The predicted octanol–water partition coefficient (Wildman–Crippen LogP) is 5.03. The van der Waals surface area contributed by atoms with E-state index in [1.54, 1.807) is 12.3 Å². The highest BCUT2D eigenvalue weighted by Gasteiger charge is 2.31. The Morgan fingerprint density at radius 2 is 1.90 bits per heavy atom. The molecule has 0 aliphatic rings. The third kappa shape index (κ3) is 4.22. The SMILES string of the molecule is Cc1csc(C(=O)Cc2ccc(OC(F)(F)F)cc2)c1Cl. The van der Waals surface area contributed by atoms with Gasteiger partial charge < -0.3 is 4.74 Å². The summed E-state index contributed by atoms with van der Waals surface area (Å²) in [6.07, 6.45) is -4.65. The molecular weight excluding hydrogens is 325 g/mol. The number of alkyl halides is 3. The van der Waals surface area contributed by atoms with Gasteiger partial charge in [0.2, 0.25) is 0 Å². The lowest BCUT2D eigenvalue weighted by Gasteiger charge is -2.09. The van der Waals surface area contributed by atoms with Gasteiger partial charge in [-0.25, -0.2) is 0 Å². The Bertz CT molecular complexity index is 647. The summed E-state index contributed by atoms with van der Waals surface area (Å²) in [7, 11) is 0. The van der Waals surface area contributed by atoms with Crippen LogP contribution in [0.4, 0.5) is 13.2 Å². The molecule has 1 aromatic carbocycles. The van der Waals surface area contributed by atoms with Crippen molar-refractivity contribution in [1.82, 2.24) is 0 Å². The molecular formula is C14H10ClF3O2S. The number of ether oxygens (including phenoxy) is 1. The van der Waals surface area contributed by atoms with Gasteiger partial charge in [-0.2, -0.15) is 0 Å². The molecule has 0 saturated carbocycles. The Morgan fingerprint density at radius 1 is 1.29 bits per heavy atom. The van der Waals surface area contributed by atoms with Crippen molar-refractivity contribution >= 4 is 28.7 Å². The second kappa shape index (κ2) is 6.07. The number of Topliss-reactive ketones (excluding diaryl/α,β-unsaturated/α-hetero) is 1. The van der Waals surface area contributed by atoms with E-state index in [1.165, 1.54) is 35.6 Å². The summed E-state index contributed by atoms with van der Waals surface area (Å²) in [6, 6.07) is 5.20. The molecule has 2 nitrogen and oxygen atoms in total. The number of halogens is 4. The molecule has 0 bridgehead atoms. The molecule has 0 radical (unpaired) electrons. The molecule has 1 heterocycles. The average molecular weight is 335 g/mol. The van der Waals surface area contributed by atoms with Crippen LogP contribution in [0.5, 0.6) is 5.75 Å². The second-order valence-corrected chi connectivity index (χ2v) is 5.61. The zero-order valence-electron chi connectivity index (χ0n) is 10.8. The van der Waals surface area contributed by atoms with Gasteiger partial charge in [0.05, 0.1) is 9.90 Å². The lowest BCUT2D eigenvalue weighted by Crippen LogP contribution is -2.17. The van der Waals surface area contributed by atoms with Gasteiger partial charge >= 0.3 is 6.36 Å². The number of thiophene rings is 1. The highest BCUT2D eigenvalue weighted by atomic mass is 35.5. The third-order valence-corrected chi connectivity index (χ3v) is 4.41. The maximum atomic E-state index is 12.1. The van der Waals surface area contributed by atoms with Gasteiger partial charge in [-0.1, -0.05) is 23.7 Å². The molecule has 7 heteroatoms. The van der Waals surface area contributed by atoms with Crippen LogP contribution in [0.25, 0.3) is 0 Å². The van der Waals surface area contributed by atoms with Crippen LogP contribution >= 0.6 is 22.9 Å². The molecule has 0 saturated heterocycles. The lowest BCUT2D eigenvalue weighted by atomic mass is 10.1.